The van der Waals surface area contributed by atoms with Gasteiger partial charge in [-0.15, -0.1) is 0 Å². The number of rotatable bonds is 2. The van der Waals surface area contributed by atoms with Crippen molar-refractivity contribution in [1.82, 2.24) is 0 Å². The normalized spacial score (nSPS) is 13.5. The lowest BCUT2D eigenvalue weighted by atomic mass is 10.2. The minimum atomic E-state index is -1.54. The zero-order chi connectivity index (χ0) is 13.3. The Morgan fingerprint density at radius 2 is 1.92 bits per heavy atom. The van der Waals surface area contributed by atoms with Crippen LogP contribution in [0.3, 0.4) is 0 Å². The summed E-state index contributed by atoms with van der Waals surface area (Å²) in [5.74, 6) is -1.98. The number of benzene rings is 1. The summed E-state index contributed by atoms with van der Waals surface area (Å²) in [6.07, 6.45) is 0. The second kappa shape index (κ2) is 3.57. The molecule has 1 aromatic rings. The molecule has 0 amide bonds. The first kappa shape index (κ1) is 4.86. The number of carboxylic acid groups (broad SMARTS) is 1. The van der Waals surface area contributed by atoms with Gasteiger partial charge in [-0.2, -0.15) is 0 Å². The third kappa shape index (κ3) is 2.48. The van der Waals surface area contributed by atoms with Gasteiger partial charge in [0.15, 0.2) is 5.96 Å². The standard InChI is InChI=1S/C8H9N3O2/c9-8(10)11-6-3-1-5(2-4-6)7(12)13/h1-4H,(H,12,13)(H4,9,10,11)/i1D,2D,3D,4D. The van der Waals surface area contributed by atoms with Crippen LogP contribution in [0.15, 0.2) is 29.2 Å². The van der Waals surface area contributed by atoms with Gasteiger partial charge in [0, 0.05) is 0 Å². The van der Waals surface area contributed by atoms with Gasteiger partial charge in [-0.3, -0.25) is 0 Å². The quantitative estimate of drug-likeness (QED) is 0.453. The monoisotopic (exact) mass is 183 g/mol. The Labute approximate surface area is 80.3 Å². The summed E-state index contributed by atoms with van der Waals surface area (Å²) in [5.41, 5.74) is 9.07. The summed E-state index contributed by atoms with van der Waals surface area (Å²) in [6.45, 7) is 0. The molecular weight excluding hydrogens is 170 g/mol. The van der Waals surface area contributed by atoms with Gasteiger partial charge in [0.25, 0.3) is 0 Å². The van der Waals surface area contributed by atoms with Crippen molar-refractivity contribution >= 4 is 17.6 Å². The van der Waals surface area contributed by atoms with Crippen molar-refractivity contribution < 1.29 is 15.4 Å². The fraction of sp³-hybridized carbons (Fsp3) is 0. The first-order valence-corrected chi connectivity index (χ1v) is 3.20. The molecule has 1 aromatic carbocycles. The van der Waals surface area contributed by atoms with E-state index in [1.54, 1.807) is 0 Å². The van der Waals surface area contributed by atoms with Crippen molar-refractivity contribution in [3.63, 3.8) is 0 Å². The SMILES string of the molecule is [2H]c1c([2H])c(C(=O)O)c([2H])c([2H])c1N=C(N)N. The molecule has 0 aliphatic heterocycles. The molecule has 5 heteroatoms. The Bertz CT molecular complexity index is 497. The van der Waals surface area contributed by atoms with Gasteiger partial charge in [-0.1, -0.05) is 0 Å². The number of carbonyl (C=O) groups is 1. The van der Waals surface area contributed by atoms with Gasteiger partial charge >= 0.3 is 5.97 Å². The van der Waals surface area contributed by atoms with Crippen LogP contribution < -0.4 is 11.5 Å². The zero-order valence-electron chi connectivity index (χ0n) is 10.5. The van der Waals surface area contributed by atoms with E-state index in [0.717, 1.165) is 0 Å². The Kier molecular flexibility index (Phi) is 1.34. The van der Waals surface area contributed by atoms with E-state index in [1.165, 1.54) is 0 Å². The second-order valence-corrected chi connectivity index (χ2v) is 2.07. The summed E-state index contributed by atoms with van der Waals surface area (Å²) >= 11 is 0. The second-order valence-electron chi connectivity index (χ2n) is 2.07. The van der Waals surface area contributed by atoms with Gasteiger partial charge in [-0.25, -0.2) is 9.79 Å². The summed E-state index contributed by atoms with van der Waals surface area (Å²) < 4.78 is 29.8. The molecule has 0 saturated carbocycles. The van der Waals surface area contributed by atoms with Gasteiger partial charge in [0.1, 0.15) is 0 Å². The van der Waals surface area contributed by atoms with Crippen LogP contribution in [0.5, 0.6) is 0 Å². The number of nitrogens with zero attached hydrogens (tertiary/aromatic N) is 1. The smallest absolute Gasteiger partial charge is 0.335 e. The van der Waals surface area contributed by atoms with E-state index >= 15 is 0 Å². The highest BCUT2D eigenvalue weighted by atomic mass is 16.4. The predicted molar refractivity (Wildman–Crippen MR) is 48.9 cm³/mol. The minimum Gasteiger partial charge on any atom is -0.478 e. The first-order chi connectivity index (χ1) is 7.77. The van der Waals surface area contributed by atoms with Crippen LogP contribution in [0.4, 0.5) is 5.69 Å². The lowest BCUT2D eigenvalue weighted by Gasteiger charge is -1.95. The Morgan fingerprint density at radius 1 is 1.38 bits per heavy atom. The zero-order valence-corrected chi connectivity index (χ0v) is 6.46. The van der Waals surface area contributed by atoms with Crippen LogP contribution in [0.1, 0.15) is 15.8 Å². The molecule has 0 fully saturated rings. The largest absolute Gasteiger partial charge is 0.478 e. The molecule has 0 spiro atoms. The molecule has 0 aliphatic rings. The van der Waals surface area contributed by atoms with Gasteiger partial charge in [0.05, 0.1) is 16.7 Å². The Hall–Kier alpha value is -2.04. The van der Waals surface area contributed by atoms with Gasteiger partial charge in [-0.05, 0) is 24.2 Å². The molecule has 5 N–H and O–H groups in total. The first-order valence-electron chi connectivity index (χ1n) is 5.20. The van der Waals surface area contributed by atoms with E-state index in [4.69, 9.17) is 22.1 Å². The molecule has 68 valence electrons. The van der Waals surface area contributed by atoms with E-state index in [2.05, 4.69) is 4.99 Å². The van der Waals surface area contributed by atoms with Crippen molar-refractivity contribution in [3.8, 4) is 0 Å². The molecule has 0 heterocycles. The van der Waals surface area contributed by atoms with Crippen LogP contribution in [0.2, 0.25) is 0 Å². The minimum absolute atomic E-state index is 0.384. The maximum absolute atomic E-state index is 10.8. The number of hydrogen-bond donors (Lipinski definition) is 3. The lowest BCUT2D eigenvalue weighted by molar-refractivity contribution is 0.0697. The van der Waals surface area contributed by atoms with Crippen molar-refractivity contribution in [1.29, 1.82) is 0 Å². The average molecular weight is 183 g/mol. The molecule has 0 atom stereocenters. The molecule has 0 aliphatic carbocycles. The number of carboxylic acids is 1. The maximum Gasteiger partial charge on any atom is 0.335 e. The topological polar surface area (TPSA) is 102 Å². The van der Waals surface area contributed by atoms with Gasteiger partial charge < -0.3 is 16.6 Å². The third-order valence-electron chi connectivity index (χ3n) is 1.07. The fourth-order valence-corrected chi connectivity index (χ4v) is 0.598. The van der Waals surface area contributed by atoms with E-state index in [9.17, 15) is 4.79 Å². The summed E-state index contributed by atoms with van der Waals surface area (Å²) in [5, 5.41) is 8.78. The molecule has 0 unspecified atom stereocenters. The Morgan fingerprint density at radius 3 is 2.31 bits per heavy atom. The fourth-order valence-electron chi connectivity index (χ4n) is 0.598. The highest BCUT2D eigenvalue weighted by molar-refractivity contribution is 5.88. The summed E-state index contributed by atoms with van der Waals surface area (Å²) in [4.78, 5) is 14.2. The van der Waals surface area contributed by atoms with E-state index in [0.29, 0.717) is 0 Å². The number of aliphatic imine (C=N–C) groups is 1. The molecule has 0 bridgehead atoms. The molecular formula is C8H9N3O2. The van der Waals surface area contributed by atoms with Crippen molar-refractivity contribution in [2.75, 3.05) is 0 Å². The van der Waals surface area contributed by atoms with Crippen LogP contribution in [0.25, 0.3) is 0 Å². The predicted octanol–water partition coefficient (Wildman–Crippen LogP) is 0.290. The van der Waals surface area contributed by atoms with Crippen LogP contribution >= 0.6 is 0 Å². The lowest BCUT2D eigenvalue weighted by Crippen LogP contribution is -2.21. The van der Waals surface area contributed by atoms with Crippen LogP contribution in [-0.4, -0.2) is 17.0 Å². The maximum atomic E-state index is 10.8. The van der Waals surface area contributed by atoms with Crippen molar-refractivity contribution in [2.24, 2.45) is 16.5 Å². The third-order valence-corrected chi connectivity index (χ3v) is 1.07. The van der Waals surface area contributed by atoms with E-state index in [1.807, 2.05) is 0 Å². The summed E-state index contributed by atoms with van der Waals surface area (Å²) in [6, 6.07) is -2.59. The molecule has 0 aromatic heterocycles. The van der Waals surface area contributed by atoms with Crippen molar-refractivity contribution in [2.45, 2.75) is 0 Å². The van der Waals surface area contributed by atoms with Gasteiger partial charge in [0.2, 0.25) is 0 Å². The molecule has 5 nitrogen and oxygen atoms in total. The molecule has 0 radical (unpaired) electrons. The number of aromatic carboxylic acids is 1. The van der Waals surface area contributed by atoms with E-state index < -0.39 is 41.7 Å². The van der Waals surface area contributed by atoms with E-state index in [-0.39, 0.29) is 5.69 Å². The number of guanidine groups is 1. The molecule has 0 saturated heterocycles. The highest BCUT2D eigenvalue weighted by Gasteiger charge is 2.00. The average Bonchev–Trinajstić information content (AvgIpc) is 2.21. The Balaban J connectivity index is 3.70. The van der Waals surface area contributed by atoms with Crippen molar-refractivity contribution in [3.05, 3.63) is 29.7 Å². The molecule has 1 rings (SSSR count). The molecule has 13 heavy (non-hydrogen) atoms. The van der Waals surface area contributed by atoms with Crippen LogP contribution in [-0.2, 0) is 0 Å². The number of nitrogens with two attached hydrogens (primary N) is 2. The highest BCUT2D eigenvalue weighted by Crippen LogP contribution is 2.12. The summed E-state index contributed by atoms with van der Waals surface area (Å²) in [7, 11) is 0. The van der Waals surface area contributed by atoms with Crippen LogP contribution in [0, 0.1) is 0 Å². The number of hydrogen-bond acceptors (Lipinski definition) is 2.